The van der Waals surface area contributed by atoms with Crippen LogP contribution in [0.5, 0.6) is 0 Å². The van der Waals surface area contributed by atoms with Crippen LogP contribution in [0.3, 0.4) is 0 Å². The first kappa shape index (κ1) is 17.5. The molecule has 2 aromatic heterocycles. The molecular weight excluding hydrogens is 355 g/mol. The molecular formula is C15H14F3N5OS. The Morgan fingerprint density at radius 3 is 2.76 bits per heavy atom. The van der Waals surface area contributed by atoms with Gasteiger partial charge in [0.05, 0.1) is 10.8 Å². The zero-order valence-corrected chi connectivity index (χ0v) is 14.1. The lowest BCUT2D eigenvalue weighted by Crippen LogP contribution is -2.38. The van der Waals surface area contributed by atoms with E-state index in [0.29, 0.717) is 22.1 Å². The summed E-state index contributed by atoms with van der Waals surface area (Å²) in [6.07, 6.45) is -4.45. The van der Waals surface area contributed by atoms with Gasteiger partial charge in [0.15, 0.2) is 10.8 Å². The first-order chi connectivity index (χ1) is 11.7. The van der Waals surface area contributed by atoms with Gasteiger partial charge in [-0.05, 0) is 26.0 Å². The SMILES string of the molecule is Cc1nc2c3ccccc3nc(SC(C)C(=O)NCC(F)(F)F)n2n1. The fourth-order valence-electron chi connectivity index (χ4n) is 2.25. The number of hydrogen-bond acceptors (Lipinski definition) is 5. The molecule has 1 amide bonds. The van der Waals surface area contributed by atoms with E-state index in [-0.39, 0.29) is 0 Å². The molecule has 25 heavy (non-hydrogen) atoms. The molecule has 3 rings (SSSR count). The lowest BCUT2D eigenvalue weighted by atomic mass is 10.2. The highest BCUT2D eigenvalue weighted by Crippen LogP contribution is 2.26. The molecule has 0 fully saturated rings. The van der Waals surface area contributed by atoms with Crippen LogP contribution in [0.15, 0.2) is 29.4 Å². The van der Waals surface area contributed by atoms with Gasteiger partial charge in [-0.25, -0.2) is 9.97 Å². The molecule has 0 aliphatic heterocycles. The molecule has 0 spiro atoms. The minimum absolute atomic E-state index is 0.393. The Kier molecular flexibility index (Phi) is 4.55. The molecule has 0 aliphatic carbocycles. The van der Waals surface area contributed by atoms with E-state index in [1.807, 2.05) is 23.5 Å². The predicted molar refractivity (Wildman–Crippen MR) is 87.4 cm³/mol. The smallest absolute Gasteiger partial charge is 0.346 e. The summed E-state index contributed by atoms with van der Waals surface area (Å²) in [7, 11) is 0. The molecule has 132 valence electrons. The van der Waals surface area contributed by atoms with Crippen LogP contribution in [-0.4, -0.2) is 43.5 Å². The molecule has 0 bridgehead atoms. The highest BCUT2D eigenvalue weighted by atomic mass is 32.2. The van der Waals surface area contributed by atoms with Crippen molar-refractivity contribution in [2.24, 2.45) is 0 Å². The average Bonchev–Trinajstić information content (AvgIpc) is 2.94. The first-order valence-electron chi connectivity index (χ1n) is 7.38. The molecule has 0 saturated carbocycles. The van der Waals surface area contributed by atoms with E-state index in [9.17, 15) is 18.0 Å². The second-order valence-electron chi connectivity index (χ2n) is 5.40. The summed E-state index contributed by atoms with van der Waals surface area (Å²) in [5.41, 5.74) is 1.27. The van der Waals surface area contributed by atoms with Gasteiger partial charge in [0.25, 0.3) is 0 Å². The third kappa shape index (κ3) is 3.84. The van der Waals surface area contributed by atoms with Crippen molar-refractivity contribution in [1.29, 1.82) is 0 Å². The van der Waals surface area contributed by atoms with Crippen molar-refractivity contribution in [3.63, 3.8) is 0 Å². The maximum atomic E-state index is 12.2. The van der Waals surface area contributed by atoms with Gasteiger partial charge in [0.1, 0.15) is 12.4 Å². The Morgan fingerprint density at radius 2 is 2.04 bits per heavy atom. The van der Waals surface area contributed by atoms with Crippen molar-refractivity contribution in [3.8, 4) is 0 Å². The van der Waals surface area contributed by atoms with Gasteiger partial charge in [-0.1, -0.05) is 23.9 Å². The highest BCUT2D eigenvalue weighted by Gasteiger charge is 2.29. The van der Waals surface area contributed by atoms with Gasteiger partial charge >= 0.3 is 6.18 Å². The summed E-state index contributed by atoms with van der Waals surface area (Å²) in [4.78, 5) is 20.7. The maximum absolute atomic E-state index is 12.2. The van der Waals surface area contributed by atoms with E-state index in [2.05, 4.69) is 15.1 Å². The van der Waals surface area contributed by atoms with Crippen molar-refractivity contribution in [1.82, 2.24) is 24.9 Å². The number of para-hydroxylation sites is 1. The largest absolute Gasteiger partial charge is 0.405 e. The summed E-state index contributed by atoms with van der Waals surface area (Å²) in [6.45, 7) is 1.89. The number of rotatable bonds is 4. The minimum atomic E-state index is -4.45. The summed E-state index contributed by atoms with van der Waals surface area (Å²) < 4.78 is 38.2. The molecule has 0 radical (unpaired) electrons. The van der Waals surface area contributed by atoms with Crippen LogP contribution in [0.2, 0.25) is 0 Å². The summed E-state index contributed by atoms with van der Waals surface area (Å²) in [5, 5.41) is 6.57. The number of halogens is 3. The van der Waals surface area contributed by atoms with Gasteiger partial charge in [-0.15, -0.1) is 5.10 Å². The Morgan fingerprint density at radius 1 is 1.32 bits per heavy atom. The van der Waals surface area contributed by atoms with Gasteiger partial charge < -0.3 is 5.32 Å². The first-order valence-corrected chi connectivity index (χ1v) is 8.26. The van der Waals surface area contributed by atoms with E-state index in [0.717, 1.165) is 17.1 Å². The zero-order valence-electron chi connectivity index (χ0n) is 13.3. The molecule has 1 N–H and O–H groups in total. The number of amides is 1. The predicted octanol–water partition coefficient (Wildman–Crippen LogP) is 2.75. The zero-order chi connectivity index (χ0) is 18.2. The summed E-state index contributed by atoms with van der Waals surface area (Å²) >= 11 is 1.03. The number of fused-ring (bicyclic) bond motifs is 3. The van der Waals surface area contributed by atoms with Gasteiger partial charge in [0.2, 0.25) is 5.91 Å². The normalized spacial score (nSPS) is 13.3. The third-order valence-corrected chi connectivity index (χ3v) is 4.41. The molecule has 1 atom stereocenters. The molecule has 3 aromatic rings. The van der Waals surface area contributed by atoms with Gasteiger partial charge in [-0.3, -0.25) is 4.79 Å². The summed E-state index contributed by atoms with van der Waals surface area (Å²) in [6, 6.07) is 7.34. The average molecular weight is 369 g/mol. The minimum Gasteiger partial charge on any atom is -0.346 e. The standard InChI is InChI=1S/C15H14F3N5OS/c1-8(13(24)19-7-15(16,17)18)25-14-21-11-6-4-3-5-10(11)12-20-9(2)22-23(12)14/h3-6,8H,7H2,1-2H3,(H,19,24). The van der Waals surface area contributed by atoms with Crippen LogP contribution in [0, 0.1) is 6.92 Å². The van der Waals surface area contributed by atoms with Crippen LogP contribution in [0.25, 0.3) is 16.6 Å². The highest BCUT2D eigenvalue weighted by molar-refractivity contribution is 8.00. The molecule has 6 nitrogen and oxygen atoms in total. The molecule has 1 unspecified atom stereocenters. The van der Waals surface area contributed by atoms with E-state index in [1.165, 1.54) is 11.4 Å². The maximum Gasteiger partial charge on any atom is 0.405 e. The van der Waals surface area contributed by atoms with Crippen LogP contribution >= 0.6 is 11.8 Å². The van der Waals surface area contributed by atoms with Crippen molar-refractivity contribution in [3.05, 3.63) is 30.1 Å². The van der Waals surface area contributed by atoms with E-state index >= 15 is 0 Å². The Labute approximate surface area is 144 Å². The number of thioether (sulfide) groups is 1. The Hall–Kier alpha value is -2.36. The third-order valence-electron chi connectivity index (χ3n) is 3.37. The lowest BCUT2D eigenvalue weighted by molar-refractivity contribution is -0.137. The number of aromatic nitrogens is 4. The molecule has 0 aliphatic rings. The second kappa shape index (κ2) is 6.51. The van der Waals surface area contributed by atoms with Gasteiger partial charge in [0, 0.05) is 5.39 Å². The quantitative estimate of drug-likeness (QED) is 0.566. The van der Waals surface area contributed by atoms with E-state index in [1.54, 1.807) is 13.0 Å². The number of benzene rings is 1. The van der Waals surface area contributed by atoms with Crippen molar-refractivity contribution < 1.29 is 18.0 Å². The van der Waals surface area contributed by atoms with Gasteiger partial charge in [-0.2, -0.15) is 17.7 Å². The topological polar surface area (TPSA) is 72.2 Å². The summed E-state index contributed by atoms with van der Waals surface area (Å²) in [5.74, 6) is -0.184. The molecule has 10 heteroatoms. The molecule has 0 saturated heterocycles. The Bertz CT molecular complexity index is 940. The van der Waals surface area contributed by atoms with Crippen LogP contribution in [0.1, 0.15) is 12.7 Å². The number of carbonyl (C=O) groups excluding carboxylic acids is 1. The van der Waals surface area contributed by atoms with E-state index in [4.69, 9.17) is 0 Å². The van der Waals surface area contributed by atoms with E-state index < -0.39 is 23.9 Å². The van der Waals surface area contributed by atoms with Crippen LogP contribution in [0.4, 0.5) is 13.2 Å². The lowest BCUT2D eigenvalue weighted by Gasteiger charge is -2.13. The van der Waals surface area contributed by atoms with Crippen LogP contribution < -0.4 is 5.32 Å². The van der Waals surface area contributed by atoms with Crippen LogP contribution in [-0.2, 0) is 4.79 Å². The number of carbonyl (C=O) groups is 1. The number of nitrogens with zero attached hydrogens (tertiary/aromatic N) is 4. The number of alkyl halides is 3. The number of aryl methyl sites for hydroxylation is 1. The monoisotopic (exact) mass is 369 g/mol. The fraction of sp³-hybridized carbons (Fsp3) is 0.333. The van der Waals surface area contributed by atoms with Crippen molar-refractivity contribution >= 4 is 34.2 Å². The second-order valence-corrected chi connectivity index (χ2v) is 6.71. The molecule has 1 aromatic carbocycles. The number of nitrogens with one attached hydrogen (secondary N) is 1. The molecule has 2 heterocycles. The van der Waals surface area contributed by atoms with Crippen molar-refractivity contribution in [2.75, 3.05) is 6.54 Å². The number of hydrogen-bond donors (Lipinski definition) is 1. The Balaban J connectivity index is 1.91. The fourth-order valence-corrected chi connectivity index (χ4v) is 3.14. The van der Waals surface area contributed by atoms with Crippen molar-refractivity contribution in [2.45, 2.75) is 30.4 Å².